The van der Waals surface area contributed by atoms with Crippen molar-refractivity contribution in [2.75, 3.05) is 0 Å². The van der Waals surface area contributed by atoms with E-state index in [-0.39, 0.29) is 30.3 Å². The van der Waals surface area contributed by atoms with Crippen LogP contribution < -0.4 is 11.5 Å². The third-order valence-corrected chi connectivity index (χ3v) is 1.85. The molecule has 0 saturated carbocycles. The summed E-state index contributed by atoms with van der Waals surface area (Å²) in [5.41, 5.74) is 10.7. The van der Waals surface area contributed by atoms with Crippen LogP contribution in [0, 0.1) is 5.92 Å². The number of halogens is 1. The second-order valence-corrected chi connectivity index (χ2v) is 2.62. The first-order chi connectivity index (χ1) is 4.72. The van der Waals surface area contributed by atoms with E-state index in [1.165, 1.54) is 0 Å². The van der Waals surface area contributed by atoms with E-state index in [2.05, 4.69) is 0 Å². The molecular weight excluding hydrogens is 164 g/mol. The van der Waals surface area contributed by atoms with E-state index in [9.17, 15) is 4.79 Å². The van der Waals surface area contributed by atoms with E-state index in [1.807, 2.05) is 12.2 Å². The van der Waals surface area contributed by atoms with Gasteiger partial charge in [0.15, 0.2) is 0 Å². The standard InChI is InChI=1S/C7H12N2O.ClH/c8-6-4-2-1-3-5(6)7(9)10;/h1-2,5-6H,3-4,8H2,(H2,9,10);1H/t5-,6+;/m0./s1. The molecule has 1 rings (SSSR count). The van der Waals surface area contributed by atoms with Crippen molar-refractivity contribution in [3.05, 3.63) is 12.2 Å². The maximum atomic E-state index is 10.7. The molecule has 1 amide bonds. The first-order valence-corrected chi connectivity index (χ1v) is 3.41. The smallest absolute Gasteiger partial charge is 0.222 e. The molecule has 0 saturated heterocycles. The topological polar surface area (TPSA) is 69.1 Å². The van der Waals surface area contributed by atoms with Gasteiger partial charge in [-0.3, -0.25) is 4.79 Å². The predicted octanol–water partition coefficient (Wildman–Crippen LogP) is 0.187. The molecule has 0 heterocycles. The Morgan fingerprint density at radius 3 is 2.27 bits per heavy atom. The van der Waals surface area contributed by atoms with E-state index in [1.54, 1.807) is 0 Å². The first kappa shape index (κ1) is 10.5. The zero-order valence-electron chi connectivity index (χ0n) is 6.19. The number of carbonyl (C=O) groups is 1. The normalized spacial score (nSPS) is 29.2. The lowest BCUT2D eigenvalue weighted by molar-refractivity contribution is -0.122. The number of nitrogens with two attached hydrogens (primary N) is 2. The molecule has 4 N–H and O–H groups in total. The molecule has 0 aliphatic heterocycles. The summed E-state index contributed by atoms with van der Waals surface area (Å²) in [7, 11) is 0. The Morgan fingerprint density at radius 1 is 1.36 bits per heavy atom. The molecule has 0 unspecified atom stereocenters. The molecule has 0 radical (unpaired) electrons. The Morgan fingerprint density at radius 2 is 1.91 bits per heavy atom. The molecule has 0 aromatic rings. The lowest BCUT2D eigenvalue weighted by Gasteiger charge is -2.21. The number of hydrogen-bond donors (Lipinski definition) is 2. The number of allylic oxidation sites excluding steroid dienone is 1. The first-order valence-electron chi connectivity index (χ1n) is 3.41. The minimum atomic E-state index is -0.281. The van der Waals surface area contributed by atoms with Crippen LogP contribution in [0.5, 0.6) is 0 Å². The van der Waals surface area contributed by atoms with Gasteiger partial charge in [0.05, 0.1) is 5.92 Å². The zero-order chi connectivity index (χ0) is 7.56. The molecule has 0 bridgehead atoms. The molecular formula is C7H13ClN2O. The Kier molecular flexibility index (Phi) is 4.15. The van der Waals surface area contributed by atoms with Gasteiger partial charge in [-0.25, -0.2) is 0 Å². The molecule has 4 heteroatoms. The minimum Gasteiger partial charge on any atom is -0.369 e. The van der Waals surface area contributed by atoms with Gasteiger partial charge in [0.2, 0.25) is 5.91 Å². The van der Waals surface area contributed by atoms with Crippen LogP contribution in [0.25, 0.3) is 0 Å². The lowest BCUT2D eigenvalue weighted by Crippen LogP contribution is -2.39. The molecule has 2 atom stereocenters. The highest BCUT2D eigenvalue weighted by atomic mass is 35.5. The maximum Gasteiger partial charge on any atom is 0.222 e. The van der Waals surface area contributed by atoms with Crippen LogP contribution in [0.2, 0.25) is 0 Å². The third-order valence-electron chi connectivity index (χ3n) is 1.85. The monoisotopic (exact) mass is 176 g/mol. The van der Waals surface area contributed by atoms with Gasteiger partial charge in [-0.2, -0.15) is 0 Å². The van der Waals surface area contributed by atoms with Gasteiger partial charge in [0, 0.05) is 6.04 Å². The van der Waals surface area contributed by atoms with Crippen molar-refractivity contribution in [2.24, 2.45) is 17.4 Å². The molecule has 1 aliphatic rings. The SMILES string of the molecule is Cl.NC(=O)[C@H]1CC=CC[C@H]1N. The van der Waals surface area contributed by atoms with Gasteiger partial charge >= 0.3 is 0 Å². The average Bonchev–Trinajstić information content (AvgIpc) is 1.88. The lowest BCUT2D eigenvalue weighted by atomic mass is 9.89. The quantitative estimate of drug-likeness (QED) is 0.560. The van der Waals surface area contributed by atoms with Crippen molar-refractivity contribution < 1.29 is 4.79 Å². The van der Waals surface area contributed by atoms with E-state index in [0.717, 1.165) is 6.42 Å². The minimum absolute atomic E-state index is 0. The largest absolute Gasteiger partial charge is 0.369 e. The van der Waals surface area contributed by atoms with Crippen LogP contribution in [-0.4, -0.2) is 11.9 Å². The molecule has 3 nitrogen and oxygen atoms in total. The van der Waals surface area contributed by atoms with Crippen LogP contribution in [0.3, 0.4) is 0 Å². The van der Waals surface area contributed by atoms with Gasteiger partial charge in [0.25, 0.3) is 0 Å². The number of carbonyl (C=O) groups excluding carboxylic acids is 1. The number of hydrogen-bond acceptors (Lipinski definition) is 2. The molecule has 0 spiro atoms. The van der Waals surface area contributed by atoms with Crippen LogP contribution in [-0.2, 0) is 4.79 Å². The summed E-state index contributed by atoms with van der Waals surface area (Å²) in [6, 6.07) is -0.0671. The van der Waals surface area contributed by atoms with Crippen molar-refractivity contribution in [3.8, 4) is 0 Å². The summed E-state index contributed by atoms with van der Waals surface area (Å²) < 4.78 is 0. The molecule has 11 heavy (non-hydrogen) atoms. The number of primary amides is 1. The van der Waals surface area contributed by atoms with Crippen LogP contribution in [0.1, 0.15) is 12.8 Å². The maximum absolute atomic E-state index is 10.7. The predicted molar refractivity (Wildman–Crippen MR) is 46.3 cm³/mol. The van der Waals surface area contributed by atoms with E-state index in [0.29, 0.717) is 6.42 Å². The summed E-state index contributed by atoms with van der Waals surface area (Å²) in [5, 5.41) is 0. The van der Waals surface area contributed by atoms with Crippen molar-refractivity contribution in [1.29, 1.82) is 0 Å². The molecule has 0 aromatic heterocycles. The van der Waals surface area contributed by atoms with Crippen molar-refractivity contribution in [2.45, 2.75) is 18.9 Å². The van der Waals surface area contributed by atoms with Gasteiger partial charge in [0.1, 0.15) is 0 Å². The summed E-state index contributed by atoms with van der Waals surface area (Å²) in [6.07, 6.45) is 5.42. The zero-order valence-corrected chi connectivity index (χ0v) is 7.01. The highest BCUT2D eigenvalue weighted by Crippen LogP contribution is 2.16. The highest BCUT2D eigenvalue weighted by Gasteiger charge is 2.23. The fourth-order valence-corrected chi connectivity index (χ4v) is 1.16. The van der Waals surface area contributed by atoms with E-state index in [4.69, 9.17) is 11.5 Å². The van der Waals surface area contributed by atoms with Gasteiger partial charge in [-0.1, -0.05) is 12.2 Å². The van der Waals surface area contributed by atoms with Crippen molar-refractivity contribution in [1.82, 2.24) is 0 Å². The van der Waals surface area contributed by atoms with Crippen LogP contribution >= 0.6 is 12.4 Å². The summed E-state index contributed by atoms with van der Waals surface area (Å²) in [5.74, 6) is -0.429. The van der Waals surface area contributed by atoms with Gasteiger partial charge in [-0.05, 0) is 12.8 Å². The Labute approximate surface area is 72.2 Å². The third kappa shape index (κ3) is 2.52. The van der Waals surface area contributed by atoms with Crippen molar-refractivity contribution in [3.63, 3.8) is 0 Å². The second-order valence-electron chi connectivity index (χ2n) is 2.62. The summed E-state index contributed by atoms with van der Waals surface area (Å²) in [6.45, 7) is 0. The highest BCUT2D eigenvalue weighted by molar-refractivity contribution is 5.85. The summed E-state index contributed by atoms with van der Waals surface area (Å²) >= 11 is 0. The Hall–Kier alpha value is -0.540. The second kappa shape index (κ2) is 4.36. The molecule has 64 valence electrons. The summed E-state index contributed by atoms with van der Waals surface area (Å²) in [4.78, 5) is 10.7. The van der Waals surface area contributed by atoms with Gasteiger partial charge in [-0.15, -0.1) is 12.4 Å². The fraction of sp³-hybridized carbons (Fsp3) is 0.571. The van der Waals surface area contributed by atoms with Crippen LogP contribution in [0.4, 0.5) is 0 Å². The fourth-order valence-electron chi connectivity index (χ4n) is 1.16. The Balaban J connectivity index is 0.000001000. The van der Waals surface area contributed by atoms with E-state index < -0.39 is 0 Å². The number of amides is 1. The molecule has 1 aliphatic carbocycles. The van der Waals surface area contributed by atoms with Crippen LogP contribution in [0.15, 0.2) is 12.2 Å². The molecule has 0 aromatic carbocycles. The molecule has 0 fully saturated rings. The Bertz CT molecular complexity index is 170. The number of rotatable bonds is 1. The van der Waals surface area contributed by atoms with Crippen molar-refractivity contribution >= 4 is 18.3 Å². The van der Waals surface area contributed by atoms with E-state index >= 15 is 0 Å². The van der Waals surface area contributed by atoms with Gasteiger partial charge < -0.3 is 11.5 Å². The average molecular weight is 177 g/mol.